The third-order valence-corrected chi connectivity index (χ3v) is 2.87. The third kappa shape index (κ3) is 1.41. The van der Waals surface area contributed by atoms with Crippen LogP contribution < -0.4 is 11.3 Å². The van der Waals surface area contributed by atoms with E-state index in [2.05, 4.69) is 10.4 Å². The molecule has 0 spiro atoms. The molecule has 1 aliphatic rings. The minimum absolute atomic E-state index is 0.320. The molecule has 0 aromatic carbocycles. The van der Waals surface area contributed by atoms with Gasteiger partial charge in [0.25, 0.3) is 0 Å². The summed E-state index contributed by atoms with van der Waals surface area (Å²) in [7, 11) is 0. The molecule has 3 N–H and O–H groups in total. The second-order valence-electron chi connectivity index (χ2n) is 3.31. The molecular weight excluding hydrogens is 200 g/mol. The SMILES string of the molecule is N#Cc1ccc(C2(Cl)CC2)nc1NN. The van der Waals surface area contributed by atoms with Gasteiger partial charge in [0.05, 0.1) is 16.1 Å². The molecule has 1 fully saturated rings. The van der Waals surface area contributed by atoms with Crippen LogP contribution in [-0.4, -0.2) is 4.98 Å². The van der Waals surface area contributed by atoms with Crippen molar-refractivity contribution in [2.24, 2.45) is 5.84 Å². The highest BCUT2D eigenvalue weighted by molar-refractivity contribution is 6.25. The monoisotopic (exact) mass is 208 g/mol. The Kier molecular flexibility index (Phi) is 2.06. The van der Waals surface area contributed by atoms with Gasteiger partial charge in [0.1, 0.15) is 6.07 Å². The van der Waals surface area contributed by atoms with Gasteiger partial charge in [0.2, 0.25) is 0 Å². The van der Waals surface area contributed by atoms with Gasteiger partial charge in [-0.3, -0.25) is 0 Å². The Morgan fingerprint density at radius 3 is 2.79 bits per heavy atom. The highest BCUT2D eigenvalue weighted by Gasteiger charge is 2.43. The average molecular weight is 209 g/mol. The molecule has 0 saturated heterocycles. The van der Waals surface area contributed by atoms with Crippen LogP contribution in [0.2, 0.25) is 0 Å². The molecular formula is C9H9ClN4. The fourth-order valence-corrected chi connectivity index (χ4v) is 1.47. The molecule has 1 saturated carbocycles. The number of alkyl halides is 1. The smallest absolute Gasteiger partial charge is 0.158 e. The summed E-state index contributed by atoms with van der Waals surface area (Å²) in [6, 6.07) is 5.46. The van der Waals surface area contributed by atoms with Crippen LogP contribution >= 0.6 is 11.6 Å². The third-order valence-electron chi connectivity index (χ3n) is 2.30. The Labute approximate surface area is 86.7 Å². The number of nitrogens with two attached hydrogens (primary N) is 1. The van der Waals surface area contributed by atoms with Crippen LogP contribution in [0.3, 0.4) is 0 Å². The summed E-state index contributed by atoms with van der Waals surface area (Å²) in [6.07, 6.45) is 1.86. The molecule has 0 amide bonds. The summed E-state index contributed by atoms with van der Waals surface area (Å²) >= 11 is 6.18. The molecule has 0 radical (unpaired) electrons. The number of nitrogens with zero attached hydrogens (tertiary/aromatic N) is 2. The molecule has 2 rings (SSSR count). The molecule has 1 aliphatic carbocycles. The summed E-state index contributed by atoms with van der Waals surface area (Å²) < 4.78 is 0. The fraction of sp³-hybridized carbons (Fsp3) is 0.333. The maximum Gasteiger partial charge on any atom is 0.158 e. The van der Waals surface area contributed by atoms with E-state index in [1.165, 1.54) is 0 Å². The van der Waals surface area contributed by atoms with E-state index in [4.69, 9.17) is 22.7 Å². The van der Waals surface area contributed by atoms with Gasteiger partial charge in [0, 0.05) is 0 Å². The van der Waals surface area contributed by atoms with Gasteiger partial charge in [-0.15, -0.1) is 11.6 Å². The van der Waals surface area contributed by atoms with E-state index in [9.17, 15) is 0 Å². The van der Waals surface area contributed by atoms with Crippen molar-refractivity contribution in [3.8, 4) is 6.07 Å². The average Bonchev–Trinajstić information content (AvgIpc) is 2.97. The summed E-state index contributed by atoms with van der Waals surface area (Å²) in [5, 5.41) is 8.74. The fourth-order valence-electron chi connectivity index (χ4n) is 1.27. The van der Waals surface area contributed by atoms with Gasteiger partial charge >= 0.3 is 0 Å². The first kappa shape index (κ1) is 9.25. The molecule has 0 aliphatic heterocycles. The van der Waals surface area contributed by atoms with Crippen molar-refractivity contribution in [1.29, 1.82) is 5.26 Å². The van der Waals surface area contributed by atoms with Crippen molar-refractivity contribution in [1.82, 2.24) is 4.98 Å². The first-order valence-electron chi connectivity index (χ1n) is 4.27. The minimum atomic E-state index is -0.320. The summed E-state index contributed by atoms with van der Waals surface area (Å²) in [5.41, 5.74) is 3.61. The molecule has 1 aromatic heterocycles. The van der Waals surface area contributed by atoms with Gasteiger partial charge in [-0.05, 0) is 25.0 Å². The highest BCUT2D eigenvalue weighted by Crippen LogP contribution is 2.51. The van der Waals surface area contributed by atoms with E-state index in [0.29, 0.717) is 11.4 Å². The van der Waals surface area contributed by atoms with Crippen molar-refractivity contribution in [2.75, 3.05) is 5.43 Å². The topological polar surface area (TPSA) is 74.7 Å². The number of pyridine rings is 1. The zero-order valence-corrected chi connectivity index (χ0v) is 8.17. The van der Waals surface area contributed by atoms with Crippen LogP contribution in [0.4, 0.5) is 5.82 Å². The number of hydrogen-bond acceptors (Lipinski definition) is 4. The Hall–Kier alpha value is -1.31. The standard InChI is InChI=1S/C9H9ClN4/c10-9(3-4-9)7-2-1-6(5-11)8(13-7)14-12/h1-2H,3-4,12H2,(H,13,14). The normalized spacial score (nSPS) is 17.2. The minimum Gasteiger partial charge on any atom is -0.307 e. The predicted molar refractivity (Wildman–Crippen MR) is 53.5 cm³/mol. The van der Waals surface area contributed by atoms with E-state index in [1.807, 2.05) is 6.07 Å². The van der Waals surface area contributed by atoms with Gasteiger partial charge in [-0.1, -0.05) is 0 Å². The molecule has 5 heteroatoms. The number of hydrazine groups is 1. The van der Waals surface area contributed by atoms with Crippen LogP contribution in [0.25, 0.3) is 0 Å². The maximum atomic E-state index is 8.74. The quantitative estimate of drug-likeness (QED) is 0.439. The first-order valence-corrected chi connectivity index (χ1v) is 4.64. The molecule has 0 atom stereocenters. The molecule has 14 heavy (non-hydrogen) atoms. The lowest BCUT2D eigenvalue weighted by atomic mass is 10.2. The zero-order valence-electron chi connectivity index (χ0n) is 7.42. The number of rotatable bonds is 2. The Bertz CT molecular complexity index is 406. The van der Waals surface area contributed by atoms with E-state index < -0.39 is 0 Å². The Balaban J connectivity index is 2.43. The van der Waals surface area contributed by atoms with Gasteiger partial charge in [-0.2, -0.15) is 5.26 Å². The van der Waals surface area contributed by atoms with Crippen LogP contribution in [0.15, 0.2) is 12.1 Å². The molecule has 72 valence electrons. The lowest BCUT2D eigenvalue weighted by Gasteiger charge is -2.08. The number of nitrogen functional groups attached to an aromatic ring is 1. The van der Waals surface area contributed by atoms with Crippen molar-refractivity contribution in [3.05, 3.63) is 23.4 Å². The zero-order chi connectivity index (χ0) is 10.2. The van der Waals surface area contributed by atoms with Crippen LogP contribution in [0.5, 0.6) is 0 Å². The van der Waals surface area contributed by atoms with Gasteiger partial charge in [0.15, 0.2) is 5.82 Å². The Morgan fingerprint density at radius 1 is 1.57 bits per heavy atom. The molecule has 1 heterocycles. The van der Waals surface area contributed by atoms with E-state index in [1.54, 1.807) is 12.1 Å². The maximum absolute atomic E-state index is 8.74. The first-order chi connectivity index (χ1) is 6.69. The van der Waals surface area contributed by atoms with E-state index in [0.717, 1.165) is 18.5 Å². The second-order valence-corrected chi connectivity index (χ2v) is 4.04. The van der Waals surface area contributed by atoms with Crippen molar-refractivity contribution < 1.29 is 0 Å². The molecule has 1 aromatic rings. The molecule has 4 nitrogen and oxygen atoms in total. The predicted octanol–water partition coefficient (Wildman–Crippen LogP) is 1.47. The van der Waals surface area contributed by atoms with Crippen molar-refractivity contribution >= 4 is 17.4 Å². The lowest BCUT2D eigenvalue weighted by Crippen LogP contribution is -2.12. The van der Waals surface area contributed by atoms with Crippen LogP contribution in [0.1, 0.15) is 24.1 Å². The molecule has 0 bridgehead atoms. The second kappa shape index (κ2) is 3.12. The van der Waals surface area contributed by atoms with Crippen molar-refractivity contribution in [2.45, 2.75) is 17.7 Å². The van der Waals surface area contributed by atoms with Crippen molar-refractivity contribution in [3.63, 3.8) is 0 Å². The van der Waals surface area contributed by atoms with E-state index >= 15 is 0 Å². The highest BCUT2D eigenvalue weighted by atomic mass is 35.5. The number of halogens is 1. The number of nitriles is 1. The summed E-state index contributed by atoms with van der Waals surface area (Å²) in [6.45, 7) is 0. The van der Waals surface area contributed by atoms with E-state index in [-0.39, 0.29) is 4.87 Å². The molecule has 0 unspecified atom stereocenters. The van der Waals surface area contributed by atoms with Gasteiger partial charge in [-0.25, -0.2) is 10.8 Å². The summed E-state index contributed by atoms with van der Waals surface area (Å²) in [5.74, 6) is 5.64. The van der Waals surface area contributed by atoms with Gasteiger partial charge < -0.3 is 5.43 Å². The van der Waals surface area contributed by atoms with Crippen LogP contribution in [0, 0.1) is 11.3 Å². The van der Waals surface area contributed by atoms with Crippen LogP contribution in [-0.2, 0) is 4.87 Å². The lowest BCUT2D eigenvalue weighted by molar-refractivity contribution is 0.935. The Morgan fingerprint density at radius 2 is 2.29 bits per heavy atom. The number of nitrogens with one attached hydrogen (secondary N) is 1. The summed E-state index contributed by atoms with van der Waals surface area (Å²) in [4.78, 5) is 3.89. The number of hydrogen-bond donors (Lipinski definition) is 2. The largest absolute Gasteiger partial charge is 0.307 e. The number of anilines is 1. The number of aromatic nitrogens is 1.